The van der Waals surface area contributed by atoms with E-state index in [0.29, 0.717) is 0 Å². The van der Waals surface area contributed by atoms with Crippen LogP contribution in [0.3, 0.4) is 0 Å². The number of hydrazone groups is 1. The van der Waals surface area contributed by atoms with E-state index in [1.807, 2.05) is 0 Å². The van der Waals surface area contributed by atoms with Gasteiger partial charge in [0.15, 0.2) is 0 Å². The number of phenolic OH excluding ortho intramolecular Hbond substituents is 1. The van der Waals surface area contributed by atoms with Crippen molar-refractivity contribution in [1.29, 1.82) is 0 Å². The van der Waals surface area contributed by atoms with Gasteiger partial charge >= 0.3 is 10.1 Å². The molecule has 2 aromatic rings. The van der Waals surface area contributed by atoms with Crippen molar-refractivity contribution in [2.24, 2.45) is 5.10 Å². The van der Waals surface area contributed by atoms with E-state index in [4.69, 9.17) is 8.97 Å². The lowest BCUT2D eigenvalue weighted by Crippen LogP contribution is -2.17. The zero-order valence-corrected chi connectivity index (χ0v) is 11.2. The number of para-hydroxylation sites is 1. The molecule has 8 nitrogen and oxygen atoms in total. The summed E-state index contributed by atoms with van der Waals surface area (Å²) in [6.07, 6.45) is 1.05. The molecule has 0 atom stereocenters. The molecule has 0 bridgehead atoms. The van der Waals surface area contributed by atoms with Gasteiger partial charge in [0.1, 0.15) is 11.5 Å². The number of benzene rings is 1. The molecule has 110 valence electrons. The summed E-state index contributed by atoms with van der Waals surface area (Å²) in [5.41, 5.74) is 2.17. The fraction of sp³-hybridized carbons (Fsp3) is 0. The molecular formula is C12H10N2O6S. The van der Waals surface area contributed by atoms with Gasteiger partial charge < -0.3 is 9.52 Å². The van der Waals surface area contributed by atoms with Gasteiger partial charge in [-0.25, -0.2) is 5.43 Å². The van der Waals surface area contributed by atoms with Crippen molar-refractivity contribution >= 4 is 22.2 Å². The van der Waals surface area contributed by atoms with Gasteiger partial charge in [-0.2, -0.15) is 13.5 Å². The number of furan rings is 1. The molecule has 21 heavy (non-hydrogen) atoms. The molecule has 0 radical (unpaired) electrons. The number of amides is 1. The van der Waals surface area contributed by atoms with Crippen molar-refractivity contribution < 1.29 is 27.3 Å². The maximum absolute atomic E-state index is 11.7. The molecule has 0 aliphatic heterocycles. The van der Waals surface area contributed by atoms with Gasteiger partial charge in [-0.3, -0.25) is 9.35 Å². The SMILES string of the molecule is O=C(N/N=C\c1ccc(S(=O)(=O)O)o1)c1ccccc1O. The molecule has 1 aromatic heterocycles. The fourth-order valence-electron chi connectivity index (χ4n) is 1.42. The van der Waals surface area contributed by atoms with Crippen LogP contribution in [0.1, 0.15) is 16.1 Å². The highest BCUT2D eigenvalue weighted by molar-refractivity contribution is 7.85. The average molecular weight is 310 g/mol. The number of carbonyl (C=O) groups is 1. The largest absolute Gasteiger partial charge is 0.507 e. The first-order chi connectivity index (χ1) is 9.88. The maximum Gasteiger partial charge on any atom is 0.328 e. The van der Waals surface area contributed by atoms with Crippen LogP contribution in [0.25, 0.3) is 0 Å². The number of hydrogen-bond acceptors (Lipinski definition) is 6. The summed E-state index contributed by atoms with van der Waals surface area (Å²) >= 11 is 0. The van der Waals surface area contributed by atoms with Crippen LogP contribution in [-0.2, 0) is 10.1 Å². The van der Waals surface area contributed by atoms with Crippen molar-refractivity contribution in [3.63, 3.8) is 0 Å². The molecule has 2 rings (SSSR count). The van der Waals surface area contributed by atoms with E-state index in [9.17, 15) is 18.3 Å². The molecule has 0 unspecified atom stereocenters. The highest BCUT2D eigenvalue weighted by Crippen LogP contribution is 2.15. The van der Waals surface area contributed by atoms with E-state index in [1.165, 1.54) is 18.2 Å². The zero-order chi connectivity index (χ0) is 15.5. The molecule has 0 fully saturated rings. The number of rotatable bonds is 4. The Bertz CT molecular complexity index is 794. The summed E-state index contributed by atoms with van der Waals surface area (Å²) in [6.45, 7) is 0. The lowest BCUT2D eigenvalue weighted by molar-refractivity contribution is 0.0952. The molecule has 1 aromatic carbocycles. The quantitative estimate of drug-likeness (QED) is 0.439. The van der Waals surface area contributed by atoms with E-state index in [1.54, 1.807) is 12.1 Å². The Labute approximate surface area is 119 Å². The Morgan fingerprint density at radius 3 is 2.57 bits per heavy atom. The number of nitrogens with one attached hydrogen (secondary N) is 1. The predicted molar refractivity (Wildman–Crippen MR) is 71.7 cm³/mol. The van der Waals surface area contributed by atoms with Crippen LogP contribution in [-0.4, -0.2) is 30.2 Å². The molecular weight excluding hydrogens is 300 g/mol. The minimum atomic E-state index is -4.42. The summed E-state index contributed by atoms with van der Waals surface area (Å²) in [4.78, 5) is 11.7. The third kappa shape index (κ3) is 3.68. The maximum atomic E-state index is 11.7. The van der Waals surface area contributed by atoms with Crippen LogP contribution < -0.4 is 5.43 Å². The number of nitrogens with zero attached hydrogens (tertiary/aromatic N) is 1. The summed E-state index contributed by atoms with van der Waals surface area (Å²) in [7, 11) is -4.42. The van der Waals surface area contributed by atoms with Crippen LogP contribution >= 0.6 is 0 Å². The smallest absolute Gasteiger partial charge is 0.328 e. The van der Waals surface area contributed by atoms with Gasteiger partial charge in [-0.15, -0.1) is 0 Å². The van der Waals surface area contributed by atoms with Gasteiger partial charge in [0.25, 0.3) is 5.91 Å². The Balaban J connectivity index is 2.05. The lowest BCUT2D eigenvalue weighted by Gasteiger charge is -2.01. The Morgan fingerprint density at radius 2 is 1.95 bits per heavy atom. The molecule has 0 aliphatic rings. The zero-order valence-electron chi connectivity index (χ0n) is 10.4. The first kappa shape index (κ1) is 14.8. The van der Waals surface area contributed by atoms with E-state index < -0.39 is 21.1 Å². The standard InChI is InChI=1S/C12H10N2O6S/c15-10-4-2-1-3-9(10)12(16)14-13-7-8-5-6-11(20-8)21(17,18)19/h1-7,15H,(H,14,16)(H,17,18,19)/b13-7-. The highest BCUT2D eigenvalue weighted by atomic mass is 32.2. The van der Waals surface area contributed by atoms with E-state index in [2.05, 4.69) is 10.5 Å². The van der Waals surface area contributed by atoms with Crippen LogP contribution in [0.2, 0.25) is 0 Å². The highest BCUT2D eigenvalue weighted by Gasteiger charge is 2.14. The number of hydrogen-bond donors (Lipinski definition) is 3. The first-order valence-corrected chi connectivity index (χ1v) is 7.00. The summed E-state index contributed by atoms with van der Waals surface area (Å²) in [6, 6.07) is 8.19. The predicted octanol–water partition coefficient (Wildman–Crippen LogP) is 0.996. The fourth-order valence-corrected chi connectivity index (χ4v) is 1.86. The van der Waals surface area contributed by atoms with E-state index in [0.717, 1.165) is 12.3 Å². The van der Waals surface area contributed by atoms with Crippen LogP contribution in [0.5, 0.6) is 5.75 Å². The Kier molecular flexibility index (Phi) is 4.05. The van der Waals surface area contributed by atoms with Crippen LogP contribution in [0.15, 0.2) is 51.0 Å². The topological polar surface area (TPSA) is 129 Å². The Hall–Kier alpha value is -2.65. The van der Waals surface area contributed by atoms with E-state index >= 15 is 0 Å². The minimum Gasteiger partial charge on any atom is -0.507 e. The monoisotopic (exact) mass is 310 g/mol. The lowest BCUT2D eigenvalue weighted by atomic mass is 10.2. The van der Waals surface area contributed by atoms with Gasteiger partial charge in [0, 0.05) is 0 Å². The summed E-state index contributed by atoms with van der Waals surface area (Å²) < 4.78 is 35.0. The van der Waals surface area contributed by atoms with E-state index in [-0.39, 0.29) is 17.1 Å². The molecule has 0 saturated carbocycles. The second-order valence-corrected chi connectivity index (χ2v) is 5.20. The van der Waals surface area contributed by atoms with Crippen LogP contribution in [0, 0.1) is 0 Å². The second kappa shape index (κ2) is 5.77. The van der Waals surface area contributed by atoms with Gasteiger partial charge in [-0.1, -0.05) is 12.1 Å². The molecule has 0 saturated heterocycles. The van der Waals surface area contributed by atoms with Gasteiger partial charge in [-0.05, 0) is 24.3 Å². The third-order valence-corrected chi connectivity index (χ3v) is 3.09. The van der Waals surface area contributed by atoms with Gasteiger partial charge in [0.2, 0.25) is 5.09 Å². The molecule has 1 amide bonds. The second-order valence-electron chi connectivity index (χ2n) is 3.85. The third-order valence-electron chi connectivity index (χ3n) is 2.36. The Morgan fingerprint density at radius 1 is 1.24 bits per heavy atom. The van der Waals surface area contributed by atoms with Crippen molar-refractivity contribution in [3.05, 3.63) is 47.7 Å². The van der Waals surface area contributed by atoms with Crippen molar-refractivity contribution in [2.45, 2.75) is 5.09 Å². The van der Waals surface area contributed by atoms with Crippen molar-refractivity contribution in [2.75, 3.05) is 0 Å². The number of aromatic hydroxyl groups is 1. The minimum absolute atomic E-state index is 0.0141. The average Bonchev–Trinajstić information content (AvgIpc) is 2.88. The molecule has 9 heteroatoms. The molecule has 3 N–H and O–H groups in total. The number of phenols is 1. The van der Waals surface area contributed by atoms with Gasteiger partial charge in [0.05, 0.1) is 11.8 Å². The normalized spacial score (nSPS) is 11.7. The molecule has 0 spiro atoms. The summed E-state index contributed by atoms with van der Waals surface area (Å²) in [5.74, 6) is -0.831. The molecule has 1 heterocycles. The van der Waals surface area contributed by atoms with Crippen molar-refractivity contribution in [1.82, 2.24) is 5.43 Å². The number of carbonyl (C=O) groups excluding carboxylic acids is 1. The molecule has 0 aliphatic carbocycles. The summed E-state index contributed by atoms with van der Waals surface area (Å²) in [5, 5.41) is 12.4. The van der Waals surface area contributed by atoms with Crippen LogP contribution in [0.4, 0.5) is 0 Å². The van der Waals surface area contributed by atoms with Crippen molar-refractivity contribution in [3.8, 4) is 5.75 Å². The first-order valence-electron chi connectivity index (χ1n) is 5.56.